The minimum Gasteiger partial charge on any atom is -0.508 e. The monoisotopic (exact) mass is 703 g/mol. The Bertz CT molecular complexity index is 1840. The number of amides is 4. The van der Waals surface area contributed by atoms with Gasteiger partial charge >= 0.3 is 6.03 Å². The summed E-state index contributed by atoms with van der Waals surface area (Å²) in [5, 5.41) is 18.9. The number of benzene rings is 4. The van der Waals surface area contributed by atoms with E-state index >= 15 is 0 Å². The number of rotatable bonds is 14. The van der Waals surface area contributed by atoms with Crippen LogP contribution in [0.5, 0.6) is 17.2 Å². The van der Waals surface area contributed by atoms with Crippen molar-refractivity contribution in [1.29, 1.82) is 0 Å². The van der Waals surface area contributed by atoms with Crippen LogP contribution in [0.4, 0.5) is 4.79 Å². The molecule has 1 heterocycles. The van der Waals surface area contributed by atoms with Crippen LogP contribution < -0.4 is 25.4 Å². The molecule has 0 saturated carbocycles. The Hall–Kier alpha value is -5.81. The normalized spacial score (nSPS) is 17.0. The molecular formula is C41H45N5O6. The minimum absolute atomic E-state index is 0.0301. The first-order chi connectivity index (χ1) is 25.3. The molecule has 52 heavy (non-hydrogen) atoms. The van der Waals surface area contributed by atoms with Crippen LogP contribution in [0.3, 0.4) is 0 Å². The van der Waals surface area contributed by atoms with Crippen LogP contribution >= 0.6 is 0 Å². The Morgan fingerprint density at radius 2 is 1.63 bits per heavy atom. The van der Waals surface area contributed by atoms with E-state index in [2.05, 4.69) is 34.7 Å². The van der Waals surface area contributed by atoms with Crippen molar-refractivity contribution >= 4 is 17.8 Å². The molecule has 4 aromatic carbocycles. The SMILES string of the molecule is C=CCNCC(=O)N1[C@@H](NC(=O)NCc2ccccc2)CN(Cc2cccc(OC)c2OC2Cc3ccccc3C2)C(=O)[C@@H]1Cc1ccc(O)cc1. The van der Waals surface area contributed by atoms with Gasteiger partial charge in [0, 0.05) is 44.5 Å². The number of ether oxygens (including phenoxy) is 2. The molecule has 4 aromatic rings. The first kappa shape index (κ1) is 36.0. The Kier molecular flexibility index (Phi) is 11.7. The van der Waals surface area contributed by atoms with Gasteiger partial charge in [-0.2, -0.15) is 0 Å². The number of hydrogen-bond acceptors (Lipinski definition) is 7. The van der Waals surface area contributed by atoms with Crippen LogP contribution in [-0.2, 0) is 41.9 Å². The number of phenols is 1. The van der Waals surface area contributed by atoms with E-state index in [1.807, 2.05) is 60.7 Å². The van der Waals surface area contributed by atoms with Gasteiger partial charge in [0.25, 0.3) is 0 Å². The van der Waals surface area contributed by atoms with E-state index in [9.17, 15) is 19.5 Å². The van der Waals surface area contributed by atoms with Crippen molar-refractivity contribution in [2.45, 2.75) is 50.7 Å². The average Bonchev–Trinajstić information content (AvgIpc) is 3.57. The van der Waals surface area contributed by atoms with Crippen molar-refractivity contribution in [3.63, 3.8) is 0 Å². The van der Waals surface area contributed by atoms with Gasteiger partial charge in [0.1, 0.15) is 24.1 Å². The Balaban J connectivity index is 1.30. The first-order valence-electron chi connectivity index (χ1n) is 17.5. The third-order valence-electron chi connectivity index (χ3n) is 9.41. The van der Waals surface area contributed by atoms with Crippen LogP contribution in [-0.4, -0.2) is 77.8 Å². The summed E-state index contributed by atoms with van der Waals surface area (Å²) in [5.41, 5.74) is 4.90. The number of hydrogen-bond donors (Lipinski definition) is 4. The Morgan fingerprint density at radius 1 is 0.923 bits per heavy atom. The lowest BCUT2D eigenvalue weighted by Gasteiger charge is -2.46. The summed E-state index contributed by atoms with van der Waals surface area (Å²) in [5.74, 6) is 0.571. The minimum atomic E-state index is -0.963. The van der Waals surface area contributed by atoms with E-state index < -0.39 is 18.2 Å². The smallest absolute Gasteiger partial charge is 0.316 e. The maximum Gasteiger partial charge on any atom is 0.316 e. The fraction of sp³-hybridized carbons (Fsp3) is 0.293. The topological polar surface area (TPSA) is 132 Å². The number of methoxy groups -OCH3 is 1. The summed E-state index contributed by atoms with van der Waals surface area (Å²) < 4.78 is 12.4. The number of nitrogens with zero attached hydrogens (tertiary/aromatic N) is 2. The predicted octanol–water partition coefficient (Wildman–Crippen LogP) is 4.33. The van der Waals surface area contributed by atoms with Crippen LogP contribution in [0.1, 0.15) is 27.8 Å². The second-order valence-corrected chi connectivity index (χ2v) is 13.0. The third-order valence-corrected chi connectivity index (χ3v) is 9.41. The molecule has 1 aliphatic heterocycles. The quantitative estimate of drug-likeness (QED) is 0.114. The standard InChI is InChI=1S/C41H45N5O6/c1-3-20-42-25-38(48)46-35(21-28-16-18-33(47)19-17-28)40(49)45(27-37(46)44-41(50)43-24-29-10-5-4-6-11-29)26-32-14-9-15-36(51-2)39(32)52-34-22-30-12-7-8-13-31(30)23-34/h3-19,34-35,37,42,47H,1,20-27H2,2H3,(H2,43,44,50)/t35-,37+/m0/s1. The molecule has 1 fully saturated rings. The van der Waals surface area contributed by atoms with Gasteiger partial charge in [0.2, 0.25) is 11.8 Å². The van der Waals surface area contributed by atoms with Gasteiger partial charge in [0.15, 0.2) is 11.5 Å². The second-order valence-electron chi connectivity index (χ2n) is 13.0. The second kappa shape index (κ2) is 16.9. The lowest BCUT2D eigenvalue weighted by molar-refractivity contribution is -0.157. The van der Waals surface area contributed by atoms with Gasteiger partial charge in [-0.25, -0.2) is 4.79 Å². The molecule has 0 radical (unpaired) electrons. The number of urea groups is 1. The molecule has 4 N–H and O–H groups in total. The molecule has 11 nitrogen and oxygen atoms in total. The van der Waals surface area contributed by atoms with Crippen molar-refractivity contribution < 1.29 is 29.0 Å². The van der Waals surface area contributed by atoms with Gasteiger partial charge in [-0.05, 0) is 40.5 Å². The molecular weight excluding hydrogens is 658 g/mol. The average molecular weight is 704 g/mol. The van der Waals surface area contributed by atoms with Gasteiger partial charge in [-0.1, -0.05) is 84.9 Å². The van der Waals surface area contributed by atoms with Gasteiger partial charge in [-0.3, -0.25) is 9.59 Å². The molecule has 270 valence electrons. The fourth-order valence-corrected chi connectivity index (χ4v) is 6.89. The number of fused-ring (bicyclic) bond motifs is 1. The van der Waals surface area contributed by atoms with Crippen molar-refractivity contribution in [2.75, 3.05) is 26.7 Å². The van der Waals surface area contributed by atoms with Crippen molar-refractivity contribution in [3.8, 4) is 17.2 Å². The highest BCUT2D eigenvalue weighted by Gasteiger charge is 2.44. The molecule has 11 heteroatoms. The predicted molar refractivity (Wildman–Crippen MR) is 198 cm³/mol. The number of aromatic hydroxyl groups is 1. The third kappa shape index (κ3) is 8.73. The van der Waals surface area contributed by atoms with E-state index in [1.165, 1.54) is 16.0 Å². The molecule has 2 atom stereocenters. The largest absolute Gasteiger partial charge is 0.508 e. The lowest BCUT2D eigenvalue weighted by Crippen LogP contribution is -2.69. The zero-order valence-electron chi connectivity index (χ0n) is 29.3. The number of carbonyl (C=O) groups excluding carboxylic acids is 3. The highest BCUT2D eigenvalue weighted by atomic mass is 16.5. The van der Waals surface area contributed by atoms with Crippen LogP contribution in [0.25, 0.3) is 0 Å². The maximum atomic E-state index is 14.6. The Morgan fingerprint density at radius 3 is 2.33 bits per heavy atom. The Labute approximate surface area is 304 Å². The molecule has 6 rings (SSSR count). The summed E-state index contributed by atoms with van der Waals surface area (Å²) in [6, 6.07) is 28.5. The maximum absolute atomic E-state index is 14.6. The number of carbonyl (C=O) groups is 3. The summed E-state index contributed by atoms with van der Waals surface area (Å²) in [7, 11) is 1.59. The highest BCUT2D eigenvalue weighted by molar-refractivity contribution is 5.91. The zero-order valence-corrected chi connectivity index (χ0v) is 29.3. The van der Waals surface area contributed by atoms with E-state index in [1.54, 1.807) is 42.4 Å². The summed E-state index contributed by atoms with van der Waals surface area (Å²) in [4.78, 5) is 45.1. The van der Waals surface area contributed by atoms with Gasteiger partial charge in [0.05, 0.1) is 20.2 Å². The van der Waals surface area contributed by atoms with Gasteiger partial charge in [-0.15, -0.1) is 6.58 Å². The lowest BCUT2D eigenvalue weighted by atomic mass is 9.98. The van der Waals surface area contributed by atoms with E-state index in [0.717, 1.165) is 29.5 Å². The fourth-order valence-electron chi connectivity index (χ4n) is 6.89. The van der Waals surface area contributed by atoms with E-state index in [-0.39, 0.29) is 56.3 Å². The summed E-state index contributed by atoms with van der Waals surface area (Å²) in [6.07, 6.45) is 2.35. The summed E-state index contributed by atoms with van der Waals surface area (Å²) >= 11 is 0. The molecule has 1 aliphatic carbocycles. The molecule has 0 spiro atoms. The zero-order chi connectivity index (χ0) is 36.5. The van der Waals surface area contributed by atoms with Crippen molar-refractivity contribution in [2.24, 2.45) is 0 Å². The van der Waals surface area contributed by atoms with Gasteiger partial charge < -0.3 is 40.3 Å². The molecule has 4 amide bonds. The molecule has 0 aromatic heterocycles. The molecule has 0 unspecified atom stereocenters. The first-order valence-corrected chi connectivity index (χ1v) is 17.5. The number of nitrogens with one attached hydrogen (secondary N) is 3. The molecule has 0 bridgehead atoms. The molecule has 2 aliphatic rings. The number of phenolic OH excluding ortho intramolecular Hbond substituents is 1. The van der Waals surface area contributed by atoms with Crippen LogP contribution in [0, 0.1) is 0 Å². The number of para-hydroxylation sites is 1. The van der Waals surface area contributed by atoms with Crippen molar-refractivity contribution in [3.05, 3.63) is 138 Å². The van der Waals surface area contributed by atoms with Crippen molar-refractivity contribution in [1.82, 2.24) is 25.8 Å². The van der Waals surface area contributed by atoms with E-state index in [4.69, 9.17) is 9.47 Å². The number of piperazine rings is 1. The highest BCUT2D eigenvalue weighted by Crippen LogP contribution is 2.36. The van der Waals surface area contributed by atoms with Crippen LogP contribution in [0.2, 0.25) is 0 Å². The molecule has 1 saturated heterocycles. The van der Waals surface area contributed by atoms with Crippen LogP contribution in [0.15, 0.2) is 110 Å². The summed E-state index contributed by atoms with van der Waals surface area (Å²) in [6.45, 7) is 4.51. The van der Waals surface area contributed by atoms with E-state index in [0.29, 0.717) is 18.0 Å².